The third kappa shape index (κ3) is 7.13. The fourth-order valence-corrected chi connectivity index (χ4v) is 2.80. The second kappa shape index (κ2) is 7.98. The number of rotatable bonds is 7. The van der Waals surface area contributed by atoms with Crippen LogP contribution in [0.3, 0.4) is 0 Å². The van der Waals surface area contributed by atoms with Gasteiger partial charge in [-0.3, -0.25) is 9.69 Å². The van der Waals surface area contributed by atoms with Gasteiger partial charge in [-0.05, 0) is 32.1 Å². The first-order valence-corrected chi connectivity index (χ1v) is 7.47. The molecule has 0 amide bonds. The monoisotopic (exact) mass is 310 g/mol. The number of likely N-dealkylation sites (tertiary alicyclic amines) is 1. The maximum atomic E-state index is 12.3. The summed E-state index contributed by atoms with van der Waals surface area (Å²) >= 11 is 0. The minimum Gasteiger partial charge on any atom is -0.481 e. The lowest BCUT2D eigenvalue weighted by molar-refractivity contribution is -0.137. The highest BCUT2D eigenvalue weighted by molar-refractivity contribution is 5.66. The summed E-state index contributed by atoms with van der Waals surface area (Å²) in [5, 5.41) is 11.3. The molecule has 1 heterocycles. The Morgan fingerprint density at radius 1 is 1.43 bits per heavy atom. The van der Waals surface area contributed by atoms with E-state index in [9.17, 15) is 18.0 Å². The zero-order valence-corrected chi connectivity index (χ0v) is 12.6. The van der Waals surface area contributed by atoms with Crippen molar-refractivity contribution in [1.82, 2.24) is 10.2 Å². The molecule has 1 fully saturated rings. The van der Waals surface area contributed by atoms with Crippen LogP contribution in [0.4, 0.5) is 13.2 Å². The number of carbonyl (C=O) groups is 1. The van der Waals surface area contributed by atoms with Gasteiger partial charge >= 0.3 is 12.1 Å². The van der Waals surface area contributed by atoms with Crippen LogP contribution in [-0.2, 0) is 4.79 Å². The Balaban J connectivity index is 2.58. The average molecular weight is 310 g/mol. The number of carboxylic acids is 1. The first-order valence-electron chi connectivity index (χ1n) is 7.47. The number of piperidine rings is 1. The number of nitrogens with one attached hydrogen (secondary N) is 1. The van der Waals surface area contributed by atoms with Crippen molar-refractivity contribution in [1.29, 1.82) is 0 Å². The summed E-state index contributed by atoms with van der Waals surface area (Å²) in [5.41, 5.74) is 0. The van der Waals surface area contributed by atoms with Crippen molar-refractivity contribution in [3.05, 3.63) is 0 Å². The van der Waals surface area contributed by atoms with E-state index >= 15 is 0 Å². The molecule has 3 unspecified atom stereocenters. The van der Waals surface area contributed by atoms with Crippen LogP contribution in [0.1, 0.15) is 39.5 Å². The molecule has 7 heteroatoms. The van der Waals surface area contributed by atoms with E-state index in [0.717, 1.165) is 13.0 Å². The van der Waals surface area contributed by atoms with Crippen LogP contribution in [0.25, 0.3) is 0 Å². The molecule has 0 aromatic rings. The maximum Gasteiger partial charge on any atom is 0.401 e. The molecule has 3 atom stereocenters. The third-order valence-electron chi connectivity index (χ3n) is 4.14. The maximum absolute atomic E-state index is 12.3. The van der Waals surface area contributed by atoms with Gasteiger partial charge < -0.3 is 10.4 Å². The summed E-state index contributed by atoms with van der Waals surface area (Å²) in [6.45, 7) is 4.48. The zero-order chi connectivity index (χ0) is 16.0. The number of hydrogen-bond acceptors (Lipinski definition) is 3. The van der Waals surface area contributed by atoms with Gasteiger partial charge in [0.25, 0.3) is 0 Å². The lowest BCUT2D eigenvalue weighted by Gasteiger charge is -2.41. The van der Waals surface area contributed by atoms with Gasteiger partial charge in [-0.1, -0.05) is 6.92 Å². The molecule has 124 valence electrons. The van der Waals surface area contributed by atoms with Crippen molar-refractivity contribution in [3.63, 3.8) is 0 Å². The van der Waals surface area contributed by atoms with E-state index in [4.69, 9.17) is 5.11 Å². The summed E-state index contributed by atoms with van der Waals surface area (Å²) in [7, 11) is 0. The van der Waals surface area contributed by atoms with Crippen LogP contribution < -0.4 is 5.32 Å². The van der Waals surface area contributed by atoms with Gasteiger partial charge in [0.15, 0.2) is 0 Å². The molecule has 1 saturated heterocycles. The van der Waals surface area contributed by atoms with Crippen LogP contribution in [-0.4, -0.2) is 53.9 Å². The molecule has 0 spiro atoms. The van der Waals surface area contributed by atoms with Crippen molar-refractivity contribution in [2.24, 2.45) is 5.92 Å². The Kier molecular flexibility index (Phi) is 6.93. The Morgan fingerprint density at radius 2 is 2.10 bits per heavy atom. The molecule has 0 bridgehead atoms. The third-order valence-corrected chi connectivity index (χ3v) is 4.14. The molecule has 1 rings (SSSR count). The Bertz CT molecular complexity index is 337. The Morgan fingerprint density at radius 3 is 2.62 bits per heavy atom. The molecule has 0 saturated carbocycles. The van der Waals surface area contributed by atoms with Crippen LogP contribution >= 0.6 is 0 Å². The number of alkyl halides is 3. The number of halogens is 3. The molecule has 1 aliphatic heterocycles. The predicted octanol–water partition coefficient (Wildman–Crippen LogP) is 2.49. The van der Waals surface area contributed by atoms with E-state index in [1.54, 1.807) is 0 Å². The quantitative estimate of drug-likeness (QED) is 0.758. The Hall–Kier alpha value is -0.820. The van der Waals surface area contributed by atoms with Crippen LogP contribution in [0.2, 0.25) is 0 Å². The highest BCUT2D eigenvalue weighted by atomic mass is 19.4. The van der Waals surface area contributed by atoms with Gasteiger partial charge in [0.05, 0.1) is 6.54 Å². The minimum absolute atomic E-state index is 0.0744. The fourth-order valence-electron chi connectivity index (χ4n) is 2.80. The lowest BCUT2D eigenvalue weighted by atomic mass is 9.89. The van der Waals surface area contributed by atoms with Gasteiger partial charge in [-0.2, -0.15) is 13.2 Å². The molecule has 2 N–H and O–H groups in total. The zero-order valence-electron chi connectivity index (χ0n) is 12.6. The Labute approximate surface area is 123 Å². The van der Waals surface area contributed by atoms with E-state index in [2.05, 4.69) is 17.1 Å². The molecule has 0 aromatic carbocycles. The average Bonchev–Trinajstić information content (AvgIpc) is 2.41. The second-order valence-corrected chi connectivity index (χ2v) is 5.94. The fraction of sp³-hybridized carbons (Fsp3) is 0.929. The molecule has 0 aromatic heterocycles. The van der Waals surface area contributed by atoms with Gasteiger partial charge in [0.1, 0.15) is 0 Å². The number of aliphatic carboxylic acids is 1. The molecule has 1 aliphatic rings. The number of carboxylic acid groups (broad SMARTS) is 1. The molecule has 21 heavy (non-hydrogen) atoms. The van der Waals surface area contributed by atoms with E-state index in [-0.39, 0.29) is 18.4 Å². The summed E-state index contributed by atoms with van der Waals surface area (Å²) in [6, 6.07) is 0.0704. The van der Waals surface area contributed by atoms with Crippen LogP contribution in [0, 0.1) is 5.92 Å². The lowest BCUT2D eigenvalue weighted by Crippen LogP contribution is -2.53. The minimum atomic E-state index is -4.21. The molecular weight excluding hydrogens is 285 g/mol. The first-order chi connectivity index (χ1) is 9.71. The predicted molar refractivity (Wildman–Crippen MR) is 74.1 cm³/mol. The smallest absolute Gasteiger partial charge is 0.401 e. The van der Waals surface area contributed by atoms with Crippen molar-refractivity contribution in [2.75, 3.05) is 19.6 Å². The topological polar surface area (TPSA) is 52.6 Å². The molecular formula is C14H25F3N2O2. The van der Waals surface area contributed by atoms with E-state index in [0.29, 0.717) is 25.4 Å². The molecule has 0 aliphatic carbocycles. The van der Waals surface area contributed by atoms with Gasteiger partial charge in [0.2, 0.25) is 0 Å². The second-order valence-electron chi connectivity index (χ2n) is 5.94. The van der Waals surface area contributed by atoms with E-state index < -0.39 is 18.7 Å². The SMILES string of the molecule is CCC(C)N1CC(CCC(=O)O)CC(NCC(F)(F)F)C1. The molecule has 0 radical (unpaired) electrons. The number of hydrogen-bond donors (Lipinski definition) is 2. The van der Waals surface area contributed by atoms with E-state index in [1.807, 2.05) is 6.92 Å². The van der Waals surface area contributed by atoms with Gasteiger partial charge in [-0.25, -0.2) is 0 Å². The van der Waals surface area contributed by atoms with Crippen molar-refractivity contribution >= 4 is 5.97 Å². The number of nitrogens with zero attached hydrogens (tertiary/aromatic N) is 1. The highest BCUT2D eigenvalue weighted by Crippen LogP contribution is 2.24. The van der Waals surface area contributed by atoms with Gasteiger partial charge in [0, 0.05) is 31.6 Å². The van der Waals surface area contributed by atoms with Crippen LogP contribution in [0.5, 0.6) is 0 Å². The standard InChI is InChI=1S/C14H25F3N2O2/c1-3-10(2)19-7-11(4-5-13(20)21)6-12(8-19)18-9-14(15,16)17/h10-12,18H,3-9H2,1-2H3,(H,20,21). The normalized spacial score (nSPS) is 25.8. The first kappa shape index (κ1) is 18.2. The van der Waals surface area contributed by atoms with E-state index in [1.165, 1.54) is 0 Å². The summed E-state index contributed by atoms with van der Waals surface area (Å²) in [4.78, 5) is 12.8. The molecule has 4 nitrogen and oxygen atoms in total. The van der Waals surface area contributed by atoms with Crippen molar-refractivity contribution in [3.8, 4) is 0 Å². The van der Waals surface area contributed by atoms with Crippen molar-refractivity contribution < 1.29 is 23.1 Å². The summed E-state index contributed by atoms with van der Waals surface area (Å²) < 4.78 is 37.0. The largest absolute Gasteiger partial charge is 0.481 e. The van der Waals surface area contributed by atoms with Gasteiger partial charge in [-0.15, -0.1) is 0 Å². The van der Waals surface area contributed by atoms with Crippen LogP contribution in [0.15, 0.2) is 0 Å². The highest BCUT2D eigenvalue weighted by Gasteiger charge is 2.33. The summed E-state index contributed by atoms with van der Waals surface area (Å²) in [5.74, 6) is -0.718. The summed E-state index contributed by atoms with van der Waals surface area (Å²) in [6.07, 6.45) is -2.08. The van der Waals surface area contributed by atoms with Crippen molar-refractivity contribution in [2.45, 2.75) is 57.8 Å².